The van der Waals surface area contributed by atoms with Crippen LogP contribution >= 0.6 is 0 Å². The Hall–Kier alpha value is -0.530. The molecule has 4 aliphatic rings. The van der Waals surface area contributed by atoms with E-state index in [0.29, 0.717) is 5.91 Å². The van der Waals surface area contributed by atoms with Crippen LogP contribution in [0, 0.1) is 23.2 Å². The SMILES string of the molecule is CC(C)(C)NC(=O)C12CC3C[C@H](CC[C@@H](C3)C1)C2. The normalized spacial score (nSPS) is 42.7. The van der Waals surface area contributed by atoms with Gasteiger partial charge in [-0.15, -0.1) is 0 Å². The van der Waals surface area contributed by atoms with Gasteiger partial charge in [0.25, 0.3) is 0 Å². The van der Waals surface area contributed by atoms with E-state index in [0.717, 1.165) is 17.8 Å². The van der Waals surface area contributed by atoms with Gasteiger partial charge in [0.1, 0.15) is 0 Å². The summed E-state index contributed by atoms with van der Waals surface area (Å²) in [5.74, 6) is 2.87. The van der Waals surface area contributed by atoms with Gasteiger partial charge in [0.2, 0.25) is 5.91 Å². The van der Waals surface area contributed by atoms with Crippen LogP contribution in [0.15, 0.2) is 0 Å². The first-order chi connectivity index (χ1) is 8.36. The number of rotatable bonds is 1. The highest BCUT2D eigenvalue weighted by Gasteiger charge is 2.52. The Labute approximate surface area is 111 Å². The molecule has 2 atom stereocenters. The Morgan fingerprint density at radius 2 is 1.50 bits per heavy atom. The number of fused-ring (bicyclic) bond motifs is 1. The van der Waals surface area contributed by atoms with Gasteiger partial charge >= 0.3 is 0 Å². The first-order valence-corrected chi connectivity index (χ1v) is 7.69. The van der Waals surface area contributed by atoms with Crippen molar-refractivity contribution in [3.05, 3.63) is 0 Å². The van der Waals surface area contributed by atoms with Gasteiger partial charge in [0.05, 0.1) is 0 Å². The largest absolute Gasteiger partial charge is 0.351 e. The predicted octanol–water partition coefficient (Wildman–Crippen LogP) is 3.51. The highest BCUT2D eigenvalue weighted by atomic mass is 16.2. The lowest BCUT2D eigenvalue weighted by Gasteiger charge is -2.48. The lowest BCUT2D eigenvalue weighted by molar-refractivity contribution is -0.140. The van der Waals surface area contributed by atoms with E-state index in [1.165, 1.54) is 44.9 Å². The number of amides is 1. The van der Waals surface area contributed by atoms with E-state index < -0.39 is 0 Å². The smallest absolute Gasteiger partial charge is 0.226 e. The van der Waals surface area contributed by atoms with Crippen molar-refractivity contribution in [3.63, 3.8) is 0 Å². The maximum Gasteiger partial charge on any atom is 0.226 e. The number of carbonyl (C=O) groups excluding carboxylic acids is 1. The van der Waals surface area contributed by atoms with Crippen molar-refractivity contribution in [2.24, 2.45) is 23.2 Å². The fourth-order valence-corrected chi connectivity index (χ4v) is 4.94. The molecule has 2 nitrogen and oxygen atoms in total. The van der Waals surface area contributed by atoms with Crippen molar-refractivity contribution >= 4 is 5.91 Å². The Morgan fingerprint density at radius 1 is 1.00 bits per heavy atom. The molecule has 0 aromatic heterocycles. The molecule has 4 aliphatic carbocycles. The highest BCUT2D eigenvalue weighted by molar-refractivity contribution is 5.83. The summed E-state index contributed by atoms with van der Waals surface area (Å²) in [5, 5.41) is 3.26. The van der Waals surface area contributed by atoms with E-state index in [2.05, 4.69) is 26.1 Å². The summed E-state index contributed by atoms with van der Waals surface area (Å²) in [6.07, 6.45) is 9.07. The second kappa shape index (κ2) is 3.98. The van der Waals surface area contributed by atoms with Gasteiger partial charge in [-0.1, -0.05) is 12.8 Å². The quantitative estimate of drug-likeness (QED) is 0.757. The fourth-order valence-electron chi connectivity index (χ4n) is 4.94. The predicted molar refractivity (Wildman–Crippen MR) is 73.1 cm³/mol. The summed E-state index contributed by atoms with van der Waals surface area (Å²) >= 11 is 0. The van der Waals surface area contributed by atoms with Gasteiger partial charge in [0.15, 0.2) is 0 Å². The maximum absolute atomic E-state index is 12.8. The Balaban J connectivity index is 1.83. The van der Waals surface area contributed by atoms with Crippen LogP contribution in [-0.4, -0.2) is 11.4 Å². The van der Waals surface area contributed by atoms with Crippen LogP contribution in [0.25, 0.3) is 0 Å². The molecule has 0 aliphatic heterocycles. The minimum atomic E-state index is -0.0880. The van der Waals surface area contributed by atoms with Gasteiger partial charge in [-0.05, 0) is 70.6 Å². The second-order valence-electron chi connectivity index (χ2n) is 8.24. The van der Waals surface area contributed by atoms with Crippen LogP contribution in [0.1, 0.15) is 65.7 Å². The molecule has 18 heavy (non-hydrogen) atoms. The molecule has 0 aromatic carbocycles. The number of hydrogen-bond acceptors (Lipinski definition) is 1. The third-order valence-corrected chi connectivity index (χ3v) is 5.32. The van der Waals surface area contributed by atoms with Gasteiger partial charge < -0.3 is 5.32 Å². The zero-order chi connectivity index (χ0) is 13.0. The highest BCUT2D eigenvalue weighted by Crippen LogP contribution is 2.57. The second-order valence-corrected chi connectivity index (χ2v) is 8.24. The van der Waals surface area contributed by atoms with E-state index in [4.69, 9.17) is 0 Å². The molecule has 4 rings (SSSR count). The van der Waals surface area contributed by atoms with Gasteiger partial charge in [-0.2, -0.15) is 0 Å². The molecule has 4 saturated carbocycles. The van der Waals surface area contributed by atoms with Crippen LogP contribution in [0.5, 0.6) is 0 Å². The topological polar surface area (TPSA) is 29.1 Å². The lowest BCUT2D eigenvalue weighted by Crippen LogP contribution is -2.53. The molecule has 0 unspecified atom stereocenters. The summed E-state index contributed by atoms with van der Waals surface area (Å²) in [6, 6.07) is 0. The fraction of sp³-hybridized carbons (Fsp3) is 0.938. The average molecular weight is 249 g/mol. The van der Waals surface area contributed by atoms with E-state index in [1.54, 1.807) is 0 Å². The number of carbonyl (C=O) groups is 1. The number of nitrogens with one attached hydrogen (secondary N) is 1. The molecular weight excluding hydrogens is 222 g/mol. The molecule has 0 saturated heterocycles. The first kappa shape index (κ1) is 12.5. The van der Waals surface area contributed by atoms with Crippen LogP contribution in [0.4, 0.5) is 0 Å². The Bertz CT molecular complexity index is 339. The summed E-state index contributed by atoms with van der Waals surface area (Å²) in [5.41, 5.74) is -0.0877. The first-order valence-electron chi connectivity index (χ1n) is 7.69. The molecule has 1 N–H and O–H groups in total. The van der Waals surface area contributed by atoms with Crippen LogP contribution in [0.3, 0.4) is 0 Å². The molecule has 4 fully saturated rings. The van der Waals surface area contributed by atoms with Crippen molar-refractivity contribution in [1.82, 2.24) is 5.32 Å². The van der Waals surface area contributed by atoms with Gasteiger partial charge in [-0.25, -0.2) is 0 Å². The van der Waals surface area contributed by atoms with Crippen molar-refractivity contribution in [2.45, 2.75) is 71.3 Å². The lowest BCUT2D eigenvalue weighted by atomic mass is 9.58. The standard InChI is InChI=1S/C16H27NO/c1-15(2,3)17-14(18)16-8-11-4-5-12(9-16)7-13(6-11)10-16/h11-13H,4-10H2,1-3H3,(H,17,18)/t11-,12-,13?,16?/m0/s1. The Morgan fingerprint density at radius 3 is 2.00 bits per heavy atom. The van der Waals surface area contributed by atoms with Crippen molar-refractivity contribution in [1.29, 1.82) is 0 Å². The summed E-state index contributed by atoms with van der Waals surface area (Å²) < 4.78 is 0. The molecule has 1 amide bonds. The average Bonchev–Trinajstić information content (AvgIpc) is 2.43. The molecule has 0 radical (unpaired) electrons. The van der Waals surface area contributed by atoms with Crippen LogP contribution in [-0.2, 0) is 4.79 Å². The molecular formula is C16H27NO. The van der Waals surface area contributed by atoms with E-state index in [1.807, 2.05) is 0 Å². The molecule has 0 heterocycles. The van der Waals surface area contributed by atoms with Crippen LogP contribution < -0.4 is 5.32 Å². The third-order valence-electron chi connectivity index (χ3n) is 5.32. The van der Waals surface area contributed by atoms with E-state index in [-0.39, 0.29) is 11.0 Å². The third kappa shape index (κ3) is 2.19. The van der Waals surface area contributed by atoms with Crippen molar-refractivity contribution in [2.75, 3.05) is 0 Å². The van der Waals surface area contributed by atoms with Crippen LogP contribution in [0.2, 0.25) is 0 Å². The molecule has 4 bridgehead atoms. The monoisotopic (exact) mass is 249 g/mol. The Kier molecular flexibility index (Phi) is 2.76. The molecule has 0 spiro atoms. The zero-order valence-corrected chi connectivity index (χ0v) is 12.1. The summed E-state index contributed by atoms with van der Waals surface area (Å²) in [4.78, 5) is 12.8. The van der Waals surface area contributed by atoms with Crippen molar-refractivity contribution in [3.8, 4) is 0 Å². The minimum absolute atomic E-state index is 0.000278. The summed E-state index contributed by atoms with van der Waals surface area (Å²) in [6.45, 7) is 6.29. The number of hydrogen-bond donors (Lipinski definition) is 1. The molecule has 2 heteroatoms. The minimum Gasteiger partial charge on any atom is -0.351 e. The van der Waals surface area contributed by atoms with E-state index in [9.17, 15) is 4.79 Å². The van der Waals surface area contributed by atoms with Crippen molar-refractivity contribution < 1.29 is 4.79 Å². The summed E-state index contributed by atoms with van der Waals surface area (Å²) in [7, 11) is 0. The van der Waals surface area contributed by atoms with E-state index >= 15 is 0 Å². The van der Waals surface area contributed by atoms with Gasteiger partial charge in [0, 0.05) is 11.0 Å². The molecule has 0 aromatic rings. The maximum atomic E-state index is 12.8. The zero-order valence-electron chi connectivity index (χ0n) is 12.1. The van der Waals surface area contributed by atoms with Gasteiger partial charge in [-0.3, -0.25) is 4.79 Å². The molecule has 102 valence electrons.